The van der Waals surface area contributed by atoms with Crippen molar-refractivity contribution in [2.45, 2.75) is 33.0 Å². The van der Waals surface area contributed by atoms with Gasteiger partial charge in [0.2, 0.25) is 0 Å². The topological polar surface area (TPSA) is 59.2 Å². The summed E-state index contributed by atoms with van der Waals surface area (Å²) >= 11 is 6.36. The molecule has 0 spiro atoms. The number of fused-ring (bicyclic) bond motifs is 1. The summed E-state index contributed by atoms with van der Waals surface area (Å²) in [5.74, 6) is 2.13. The minimum atomic E-state index is 0.0310. The van der Waals surface area contributed by atoms with Gasteiger partial charge in [0.1, 0.15) is 5.82 Å². The van der Waals surface area contributed by atoms with Gasteiger partial charge in [-0.1, -0.05) is 23.7 Å². The molecule has 2 N–H and O–H groups in total. The smallest absolute Gasteiger partial charge is 0.180 e. The first-order valence-corrected chi connectivity index (χ1v) is 8.62. The number of rotatable bonds is 7. The summed E-state index contributed by atoms with van der Waals surface area (Å²) < 4.78 is 11.2. The van der Waals surface area contributed by atoms with Crippen LogP contribution in [0.3, 0.4) is 0 Å². The average molecular weight is 360 g/mol. The molecule has 0 aliphatic heterocycles. The number of imidazole rings is 1. The molecule has 0 saturated heterocycles. The largest absolute Gasteiger partial charge is 0.493 e. The van der Waals surface area contributed by atoms with Gasteiger partial charge in [0.25, 0.3) is 0 Å². The van der Waals surface area contributed by atoms with Crippen molar-refractivity contribution in [2.75, 3.05) is 7.11 Å². The molecule has 0 atom stereocenters. The van der Waals surface area contributed by atoms with Crippen molar-refractivity contribution in [3.8, 4) is 11.5 Å². The van der Waals surface area contributed by atoms with E-state index in [1.54, 1.807) is 7.11 Å². The van der Waals surface area contributed by atoms with Gasteiger partial charge in [-0.05, 0) is 43.7 Å². The molecule has 1 heterocycles. The molecule has 0 aliphatic carbocycles. The Hall–Kier alpha value is -2.24. The zero-order valence-electron chi connectivity index (χ0n) is 14.6. The van der Waals surface area contributed by atoms with E-state index in [4.69, 9.17) is 21.1 Å². The van der Waals surface area contributed by atoms with Gasteiger partial charge in [-0.25, -0.2) is 4.98 Å². The van der Waals surface area contributed by atoms with E-state index in [9.17, 15) is 0 Å². The summed E-state index contributed by atoms with van der Waals surface area (Å²) in [4.78, 5) is 7.86. The summed E-state index contributed by atoms with van der Waals surface area (Å²) in [7, 11) is 1.62. The minimum Gasteiger partial charge on any atom is -0.493 e. The van der Waals surface area contributed by atoms with Crippen molar-refractivity contribution in [1.82, 2.24) is 15.3 Å². The zero-order valence-corrected chi connectivity index (χ0v) is 15.4. The van der Waals surface area contributed by atoms with Crippen molar-refractivity contribution in [1.29, 1.82) is 0 Å². The lowest BCUT2D eigenvalue weighted by Crippen LogP contribution is -2.14. The molecule has 2 aromatic carbocycles. The summed E-state index contributed by atoms with van der Waals surface area (Å²) in [6.45, 7) is 5.20. The van der Waals surface area contributed by atoms with Crippen molar-refractivity contribution >= 4 is 22.6 Å². The molecule has 1 aromatic heterocycles. The predicted molar refractivity (Wildman–Crippen MR) is 100 cm³/mol. The van der Waals surface area contributed by atoms with Crippen LogP contribution in [0.2, 0.25) is 5.02 Å². The Morgan fingerprint density at radius 1 is 1.20 bits per heavy atom. The third-order valence-electron chi connectivity index (χ3n) is 3.70. The van der Waals surface area contributed by atoms with Crippen LogP contribution in [0.5, 0.6) is 11.5 Å². The second kappa shape index (κ2) is 7.76. The monoisotopic (exact) mass is 359 g/mol. The first-order valence-electron chi connectivity index (χ1n) is 8.24. The molecule has 0 unspecified atom stereocenters. The van der Waals surface area contributed by atoms with E-state index in [2.05, 4.69) is 15.3 Å². The van der Waals surface area contributed by atoms with E-state index in [0.717, 1.165) is 22.4 Å². The lowest BCUT2D eigenvalue weighted by molar-refractivity contribution is 0.230. The van der Waals surface area contributed by atoms with Crippen molar-refractivity contribution in [3.05, 3.63) is 52.8 Å². The molecule has 0 bridgehead atoms. The van der Waals surface area contributed by atoms with Crippen LogP contribution < -0.4 is 14.8 Å². The second-order valence-corrected chi connectivity index (χ2v) is 6.49. The van der Waals surface area contributed by atoms with Crippen molar-refractivity contribution in [3.63, 3.8) is 0 Å². The third kappa shape index (κ3) is 4.24. The van der Waals surface area contributed by atoms with Crippen molar-refractivity contribution in [2.24, 2.45) is 0 Å². The molecule has 5 nitrogen and oxygen atoms in total. The average Bonchev–Trinajstić information content (AvgIpc) is 2.99. The van der Waals surface area contributed by atoms with E-state index in [0.29, 0.717) is 29.6 Å². The van der Waals surface area contributed by atoms with Gasteiger partial charge in [0.05, 0.1) is 35.8 Å². The number of methoxy groups -OCH3 is 1. The molecule has 6 heteroatoms. The van der Waals surface area contributed by atoms with Crippen LogP contribution >= 0.6 is 11.6 Å². The highest BCUT2D eigenvalue weighted by Crippen LogP contribution is 2.37. The van der Waals surface area contributed by atoms with Gasteiger partial charge < -0.3 is 19.8 Å². The van der Waals surface area contributed by atoms with Gasteiger partial charge in [0.15, 0.2) is 11.5 Å². The number of benzene rings is 2. The number of H-pyrrole nitrogens is 1. The third-order valence-corrected chi connectivity index (χ3v) is 3.98. The molecule has 3 rings (SSSR count). The van der Waals surface area contributed by atoms with Gasteiger partial charge in [-0.3, -0.25) is 0 Å². The van der Waals surface area contributed by atoms with Gasteiger partial charge in [0, 0.05) is 6.54 Å². The Morgan fingerprint density at radius 3 is 2.72 bits per heavy atom. The molecular formula is C19H22ClN3O2. The first-order chi connectivity index (χ1) is 12.1. The fraction of sp³-hybridized carbons (Fsp3) is 0.316. The van der Waals surface area contributed by atoms with E-state index < -0.39 is 0 Å². The summed E-state index contributed by atoms with van der Waals surface area (Å²) in [6.07, 6.45) is 0.0310. The Labute approximate surface area is 152 Å². The normalized spacial score (nSPS) is 11.2. The van der Waals surface area contributed by atoms with E-state index >= 15 is 0 Å². The molecule has 25 heavy (non-hydrogen) atoms. The summed E-state index contributed by atoms with van der Waals surface area (Å²) in [5.41, 5.74) is 3.03. The number of aromatic nitrogens is 2. The van der Waals surface area contributed by atoms with E-state index in [1.165, 1.54) is 0 Å². The van der Waals surface area contributed by atoms with Crippen LogP contribution in [0.1, 0.15) is 25.2 Å². The standard InChI is InChI=1S/C19H22ClN3O2/c1-12(2)25-19-14(20)8-13(9-17(19)24-3)10-21-11-18-22-15-6-4-5-7-16(15)23-18/h4-9,12,21H,10-11H2,1-3H3,(H,22,23). The fourth-order valence-electron chi connectivity index (χ4n) is 2.64. The number of hydrogen-bond acceptors (Lipinski definition) is 4. The van der Waals surface area contributed by atoms with Crippen LogP contribution in [0.15, 0.2) is 36.4 Å². The number of halogens is 1. The van der Waals surface area contributed by atoms with E-state index in [-0.39, 0.29) is 6.10 Å². The Bertz CT molecular complexity index is 828. The maximum absolute atomic E-state index is 6.36. The number of nitrogens with one attached hydrogen (secondary N) is 2. The zero-order chi connectivity index (χ0) is 17.8. The number of aromatic amines is 1. The molecular weight excluding hydrogens is 338 g/mol. The fourth-order valence-corrected chi connectivity index (χ4v) is 2.92. The molecule has 132 valence electrons. The van der Waals surface area contributed by atoms with Crippen LogP contribution in [-0.4, -0.2) is 23.2 Å². The number of para-hydroxylation sites is 2. The van der Waals surface area contributed by atoms with Crippen LogP contribution in [0.4, 0.5) is 0 Å². The maximum atomic E-state index is 6.36. The van der Waals surface area contributed by atoms with Crippen LogP contribution in [0, 0.1) is 0 Å². The predicted octanol–water partition coefficient (Wildman–Crippen LogP) is 4.30. The SMILES string of the molecule is COc1cc(CNCc2nc3ccccc3[nH]2)cc(Cl)c1OC(C)C. The van der Waals surface area contributed by atoms with Crippen molar-refractivity contribution < 1.29 is 9.47 Å². The highest BCUT2D eigenvalue weighted by molar-refractivity contribution is 6.32. The molecule has 0 saturated carbocycles. The van der Waals surface area contributed by atoms with E-state index in [1.807, 2.05) is 50.2 Å². The molecule has 0 radical (unpaired) electrons. The lowest BCUT2D eigenvalue weighted by Gasteiger charge is -2.16. The molecule has 3 aromatic rings. The minimum absolute atomic E-state index is 0.0310. The Morgan fingerprint density at radius 2 is 2.00 bits per heavy atom. The maximum Gasteiger partial charge on any atom is 0.180 e. The second-order valence-electron chi connectivity index (χ2n) is 6.08. The van der Waals surface area contributed by atoms with Gasteiger partial charge >= 0.3 is 0 Å². The quantitative estimate of drug-likeness (QED) is 0.660. The number of nitrogens with zero attached hydrogens (tertiary/aromatic N) is 1. The van der Waals surface area contributed by atoms with Gasteiger partial charge in [-0.2, -0.15) is 0 Å². The van der Waals surface area contributed by atoms with Crippen LogP contribution in [-0.2, 0) is 13.1 Å². The lowest BCUT2D eigenvalue weighted by atomic mass is 10.2. The summed E-state index contributed by atoms with van der Waals surface area (Å²) in [6, 6.07) is 11.8. The number of ether oxygens (including phenoxy) is 2. The first kappa shape index (κ1) is 17.6. The Kier molecular flexibility index (Phi) is 5.46. The summed E-state index contributed by atoms with van der Waals surface area (Å²) in [5, 5.41) is 3.92. The molecule has 0 fully saturated rings. The molecule has 0 aliphatic rings. The van der Waals surface area contributed by atoms with Crippen LogP contribution in [0.25, 0.3) is 11.0 Å². The highest BCUT2D eigenvalue weighted by Gasteiger charge is 2.13. The Balaban J connectivity index is 1.67. The molecule has 0 amide bonds. The highest BCUT2D eigenvalue weighted by atomic mass is 35.5. The number of hydrogen-bond donors (Lipinski definition) is 2. The van der Waals surface area contributed by atoms with Gasteiger partial charge in [-0.15, -0.1) is 0 Å².